The molecule has 0 atom stereocenters. The van der Waals surface area contributed by atoms with E-state index >= 15 is 0 Å². The molecule has 0 saturated heterocycles. The third-order valence-corrected chi connectivity index (χ3v) is 23.2. The summed E-state index contributed by atoms with van der Waals surface area (Å²) in [5.74, 6) is 0. The van der Waals surface area contributed by atoms with Crippen LogP contribution < -0.4 is 0 Å². The van der Waals surface area contributed by atoms with Crippen molar-refractivity contribution in [1.82, 2.24) is 8.53 Å². The average molecular weight is 483 g/mol. The van der Waals surface area contributed by atoms with Gasteiger partial charge in [-0.25, -0.2) is 0 Å². The van der Waals surface area contributed by atoms with Crippen molar-refractivity contribution >= 4 is 15.3 Å². The minimum absolute atomic E-state index is 0.490. The first-order valence-corrected chi connectivity index (χ1v) is 17.0. The molecule has 0 aromatic rings. The molecule has 0 spiro atoms. The molecule has 1 aliphatic rings. The maximum absolute atomic E-state index is 14.0. The van der Waals surface area contributed by atoms with Gasteiger partial charge < -0.3 is 0 Å². The molecule has 3 nitrogen and oxygen atoms in total. The maximum atomic E-state index is 14.0. The van der Waals surface area contributed by atoms with E-state index in [1.54, 1.807) is 6.08 Å². The Morgan fingerprint density at radius 3 is 1.50 bits per heavy atom. The standard InChI is InChI=1S/C5H5F2Ge.3C4H10N.Zr/c6-8(7)5-3-1-2-4-5;3*1-3-5-4-2;/h1,3,8H,2H2;3*3-4H2,1-2H3;/q;3*-1;+3. The van der Waals surface area contributed by atoms with Crippen LogP contribution in [0.25, 0.3) is 0 Å². The second-order valence-corrected chi connectivity index (χ2v) is 17.8. The molecule has 140 valence electrons. The number of halogens is 2. The predicted octanol–water partition coefficient (Wildman–Crippen LogP) is 3.82. The first-order chi connectivity index (χ1) is 11.5. The quantitative estimate of drug-likeness (QED) is 0.414. The van der Waals surface area contributed by atoms with Crippen LogP contribution in [0.3, 0.4) is 0 Å². The van der Waals surface area contributed by atoms with E-state index in [0.717, 1.165) is 49.0 Å². The van der Waals surface area contributed by atoms with Gasteiger partial charge in [-0.05, 0) is 0 Å². The van der Waals surface area contributed by atoms with E-state index in [1.807, 2.05) is 6.08 Å². The van der Waals surface area contributed by atoms with Gasteiger partial charge in [0.25, 0.3) is 0 Å². The van der Waals surface area contributed by atoms with E-state index < -0.39 is 36.4 Å². The summed E-state index contributed by atoms with van der Waals surface area (Å²) in [6, 6.07) is 0. The molecule has 1 aliphatic carbocycles. The number of hydrogen-bond acceptors (Lipinski definition) is 3. The van der Waals surface area contributed by atoms with Crippen LogP contribution in [-0.2, 0) is 21.1 Å². The van der Waals surface area contributed by atoms with E-state index in [-0.39, 0.29) is 0 Å². The first kappa shape index (κ1) is 22.7. The van der Waals surface area contributed by atoms with E-state index in [1.165, 1.54) is 0 Å². The third-order valence-electron chi connectivity index (χ3n) is 5.22. The van der Waals surface area contributed by atoms with Gasteiger partial charge in [-0.3, -0.25) is 0 Å². The van der Waals surface area contributed by atoms with Gasteiger partial charge in [-0.2, -0.15) is 0 Å². The average Bonchev–Trinajstić information content (AvgIpc) is 3.07. The molecular formula is C17H35F2GeN3Zr. The molecule has 0 saturated carbocycles. The van der Waals surface area contributed by atoms with Gasteiger partial charge in [0.2, 0.25) is 0 Å². The van der Waals surface area contributed by atoms with Crippen molar-refractivity contribution in [2.24, 2.45) is 0 Å². The minimum atomic E-state index is -4.30. The number of rotatable bonds is 11. The van der Waals surface area contributed by atoms with Gasteiger partial charge in [0.1, 0.15) is 0 Å². The summed E-state index contributed by atoms with van der Waals surface area (Å²) in [6.07, 6.45) is 4.50. The zero-order valence-electron chi connectivity index (χ0n) is 16.3. The SMILES string of the molecule is CC[N](CC)[Zr]([C]1=[C]([GeH]([F])[F])C=CC1)([N](CC)CC)[N](CC)CC. The molecule has 0 bridgehead atoms. The number of allylic oxidation sites excluding steroid dienone is 4. The molecule has 0 unspecified atom stereocenters. The zero-order chi connectivity index (χ0) is 18.3. The Morgan fingerprint density at radius 1 is 0.833 bits per heavy atom. The molecule has 0 aromatic carbocycles. The Morgan fingerprint density at radius 2 is 1.21 bits per heavy atom. The van der Waals surface area contributed by atoms with Crippen LogP contribution in [0.5, 0.6) is 0 Å². The first-order valence-electron chi connectivity index (χ1n) is 9.42. The fourth-order valence-electron chi connectivity index (χ4n) is 4.22. The number of nitrogens with zero attached hydrogens (tertiary/aromatic N) is 3. The monoisotopic (exact) mass is 483 g/mol. The van der Waals surface area contributed by atoms with Crippen LogP contribution in [0.2, 0.25) is 0 Å². The fraction of sp³-hybridized carbons (Fsp3) is 0.765. The molecule has 0 heterocycles. The van der Waals surface area contributed by atoms with E-state index in [4.69, 9.17) is 0 Å². The van der Waals surface area contributed by atoms with Crippen LogP contribution in [0.15, 0.2) is 19.8 Å². The van der Waals surface area contributed by atoms with E-state index in [9.17, 15) is 7.00 Å². The zero-order valence-corrected chi connectivity index (χ0v) is 21.2. The molecular weight excluding hydrogens is 448 g/mol. The summed E-state index contributed by atoms with van der Waals surface area (Å²) in [7, 11) is 0. The van der Waals surface area contributed by atoms with Crippen molar-refractivity contribution in [3.05, 3.63) is 19.8 Å². The van der Waals surface area contributed by atoms with Crippen molar-refractivity contribution in [2.75, 3.05) is 39.3 Å². The van der Waals surface area contributed by atoms with E-state index in [0.29, 0.717) is 4.41 Å². The molecule has 0 N–H and O–H groups in total. The van der Waals surface area contributed by atoms with Crippen LogP contribution >= 0.6 is 0 Å². The van der Waals surface area contributed by atoms with E-state index in [2.05, 4.69) is 50.1 Å². The summed E-state index contributed by atoms with van der Waals surface area (Å²) >= 11 is -7.80. The van der Waals surface area contributed by atoms with Gasteiger partial charge in [-0.1, -0.05) is 0 Å². The van der Waals surface area contributed by atoms with Gasteiger partial charge in [0.15, 0.2) is 0 Å². The van der Waals surface area contributed by atoms with Crippen molar-refractivity contribution in [2.45, 2.75) is 48.0 Å². The summed E-state index contributed by atoms with van der Waals surface area (Å²) in [5, 5.41) is 0. The Labute approximate surface area is 158 Å². The Balaban J connectivity index is 3.72. The Hall–Kier alpha value is 0.646. The molecule has 0 amide bonds. The van der Waals surface area contributed by atoms with Crippen LogP contribution in [-0.4, -0.2) is 63.1 Å². The van der Waals surface area contributed by atoms with Crippen molar-refractivity contribution < 1.29 is 28.1 Å². The normalized spacial score (nSPS) is 15.8. The van der Waals surface area contributed by atoms with Crippen LogP contribution in [0.1, 0.15) is 48.0 Å². The van der Waals surface area contributed by atoms with Crippen molar-refractivity contribution in [3.63, 3.8) is 0 Å². The van der Waals surface area contributed by atoms with Gasteiger partial charge in [-0.15, -0.1) is 0 Å². The van der Waals surface area contributed by atoms with Gasteiger partial charge >= 0.3 is 159 Å². The third kappa shape index (κ3) is 4.14. The van der Waals surface area contributed by atoms with Crippen LogP contribution in [0.4, 0.5) is 7.00 Å². The predicted molar refractivity (Wildman–Crippen MR) is 98.9 cm³/mol. The second-order valence-electron chi connectivity index (χ2n) is 5.99. The molecule has 0 radical (unpaired) electrons. The van der Waals surface area contributed by atoms with Crippen molar-refractivity contribution in [1.29, 1.82) is 0 Å². The van der Waals surface area contributed by atoms with Gasteiger partial charge in [0.05, 0.1) is 0 Å². The van der Waals surface area contributed by atoms with Crippen molar-refractivity contribution in [3.8, 4) is 0 Å². The Bertz CT molecular complexity index is 414. The number of hydrogen-bond donors (Lipinski definition) is 0. The molecule has 0 aromatic heterocycles. The summed E-state index contributed by atoms with van der Waals surface area (Å²) in [5.41, 5.74) is 0. The summed E-state index contributed by atoms with van der Waals surface area (Å²) in [4.78, 5) is 0. The molecule has 0 fully saturated rings. The molecule has 7 heteroatoms. The fourth-order valence-corrected chi connectivity index (χ4v) is 23.8. The van der Waals surface area contributed by atoms with Crippen LogP contribution in [0, 0.1) is 0 Å². The topological polar surface area (TPSA) is 9.72 Å². The summed E-state index contributed by atoms with van der Waals surface area (Å²) in [6.45, 7) is 18.8. The Kier molecular flexibility index (Phi) is 10.1. The van der Waals surface area contributed by atoms with Gasteiger partial charge in [0, 0.05) is 0 Å². The summed E-state index contributed by atoms with van der Waals surface area (Å²) < 4.78 is 37.4. The molecule has 0 aliphatic heterocycles. The molecule has 1 rings (SSSR count). The second kappa shape index (κ2) is 10.7. The molecule has 24 heavy (non-hydrogen) atoms.